The van der Waals surface area contributed by atoms with E-state index >= 15 is 0 Å². The maximum absolute atomic E-state index is 5.35. The van der Waals surface area contributed by atoms with E-state index in [2.05, 4.69) is 33.7 Å². The lowest BCUT2D eigenvalue weighted by Crippen LogP contribution is -2.20. The highest BCUT2D eigenvalue weighted by atomic mass is 32.1. The number of rotatable bonds is 6. The van der Waals surface area contributed by atoms with Gasteiger partial charge in [0, 0.05) is 4.88 Å². The third kappa shape index (κ3) is 2.76. The monoisotopic (exact) mass is 293 g/mol. The van der Waals surface area contributed by atoms with E-state index in [1.165, 1.54) is 10.4 Å². The van der Waals surface area contributed by atoms with Crippen LogP contribution >= 0.6 is 11.3 Å². The van der Waals surface area contributed by atoms with Crippen molar-refractivity contribution in [3.8, 4) is 11.8 Å². The predicted molar refractivity (Wildman–Crippen MR) is 79.7 cm³/mol. The summed E-state index contributed by atoms with van der Waals surface area (Å²) in [7, 11) is 5.07. The minimum Gasteiger partial charge on any atom is -0.480 e. The molecule has 2 aromatic rings. The van der Waals surface area contributed by atoms with Crippen LogP contribution in [0.1, 0.15) is 29.1 Å². The fraction of sp³-hybridized carbons (Fsp3) is 0.429. The first kappa shape index (κ1) is 14.7. The van der Waals surface area contributed by atoms with Crippen LogP contribution in [0, 0.1) is 0 Å². The zero-order valence-corrected chi connectivity index (χ0v) is 13.0. The molecule has 0 fully saturated rings. The van der Waals surface area contributed by atoms with Gasteiger partial charge in [0.25, 0.3) is 0 Å². The van der Waals surface area contributed by atoms with Crippen molar-refractivity contribution in [1.29, 1.82) is 0 Å². The Balaban J connectivity index is 2.46. The molecule has 5 nitrogen and oxygen atoms in total. The summed E-state index contributed by atoms with van der Waals surface area (Å²) in [6.45, 7) is 2.15. The van der Waals surface area contributed by atoms with Gasteiger partial charge < -0.3 is 14.8 Å². The topological polar surface area (TPSA) is 56.3 Å². The number of aryl methyl sites for hydroxylation is 1. The number of hydrogen-bond acceptors (Lipinski definition) is 6. The molecule has 2 aromatic heterocycles. The Bertz CT molecular complexity index is 571. The zero-order valence-electron chi connectivity index (χ0n) is 12.1. The van der Waals surface area contributed by atoms with E-state index in [4.69, 9.17) is 9.47 Å². The lowest BCUT2D eigenvalue weighted by Gasteiger charge is -2.18. The highest BCUT2D eigenvalue weighted by Crippen LogP contribution is 2.33. The molecule has 1 N–H and O–H groups in total. The minimum absolute atomic E-state index is 0.0293. The van der Waals surface area contributed by atoms with Gasteiger partial charge in [0.05, 0.1) is 26.5 Å². The minimum atomic E-state index is -0.0293. The van der Waals surface area contributed by atoms with Crippen molar-refractivity contribution >= 4 is 11.3 Å². The first-order valence-corrected chi connectivity index (χ1v) is 7.31. The third-order valence-corrected chi connectivity index (χ3v) is 4.16. The maximum Gasteiger partial charge on any atom is 0.240 e. The molecular weight excluding hydrogens is 274 g/mol. The molecule has 0 aliphatic heterocycles. The van der Waals surface area contributed by atoms with Crippen LogP contribution < -0.4 is 14.8 Å². The second-order valence-corrected chi connectivity index (χ2v) is 5.14. The fourth-order valence-electron chi connectivity index (χ4n) is 2.10. The van der Waals surface area contributed by atoms with Crippen molar-refractivity contribution < 1.29 is 9.47 Å². The first-order valence-electron chi connectivity index (χ1n) is 6.43. The Labute approximate surface area is 123 Å². The van der Waals surface area contributed by atoms with Gasteiger partial charge in [-0.3, -0.25) is 0 Å². The molecule has 0 aliphatic carbocycles. The Morgan fingerprint density at radius 2 is 2.15 bits per heavy atom. The molecule has 1 unspecified atom stereocenters. The van der Waals surface area contributed by atoms with Crippen molar-refractivity contribution in [2.45, 2.75) is 19.4 Å². The van der Waals surface area contributed by atoms with Crippen molar-refractivity contribution in [2.24, 2.45) is 0 Å². The second kappa shape index (κ2) is 6.67. The largest absolute Gasteiger partial charge is 0.480 e. The van der Waals surface area contributed by atoms with Gasteiger partial charge in [0.15, 0.2) is 0 Å². The fourth-order valence-corrected chi connectivity index (χ4v) is 3.21. The van der Waals surface area contributed by atoms with E-state index in [1.54, 1.807) is 31.8 Å². The van der Waals surface area contributed by atoms with Crippen LogP contribution in [0.2, 0.25) is 0 Å². The smallest absolute Gasteiger partial charge is 0.240 e. The van der Waals surface area contributed by atoms with Crippen molar-refractivity contribution in [1.82, 2.24) is 15.3 Å². The number of nitrogens with one attached hydrogen (secondary N) is 1. The molecule has 6 heteroatoms. The quantitative estimate of drug-likeness (QED) is 0.886. The van der Waals surface area contributed by atoms with Crippen molar-refractivity contribution in [2.75, 3.05) is 21.3 Å². The van der Waals surface area contributed by atoms with Crippen LogP contribution in [-0.2, 0) is 6.42 Å². The SMILES string of the molecule is CCc1ccsc1C(NC)c1ncc(OC)nc1OC. The summed E-state index contributed by atoms with van der Waals surface area (Å²) in [5, 5.41) is 5.39. The molecule has 0 spiro atoms. The van der Waals surface area contributed by atoms with Gasteiger partial charge >= 0.3 is 0 Å². The molecular formula is C14H19N3O2S. The van der Waals surface area contributed by atoms with E-state index in [0.717, 1.165) is 12.1 Å². The number of nitrogens with zero attached hydrogens (tertiary/aromatic N) is 2. The number of ether oxygens (including phenoxy) is 2. The van der Waals surface area contributed by atoms with E-state index in [1.807, 2.05) is 7.05 Å². The van der Waals surface area contributed by atoms with Gasteiger partial charge in [-0.15, -0.1) is 11.3 Å². The molecule has 0 aliphatic rings. The molecule has 108 valence electrons. The van der Waals surface area contributed by atoms with Crippen LogP contribution in [0.3, 0.4) is 0 Å². The highest BCUT2D eigenvalue weighted by molar-refractivity contribution is 7.10. The molecule has 0 radical (unpaired) electrons. The number of thiophene rings is 1. The Kier molecular flexibility index (Phi) is 4.92. The predicted octanol–water partition coefficient (Wildman–Crippen LogP) is 2.43. The molecule has 0 amide bonds. The molecule has 0 bridgehead atoms. The van der Waals surface area contributed by atoms with E-state index in [0.29, 0.717) is 11.8 Å². The Morgan fingerprint density at radius 3 is 2.75 bits per heavy atom. The van der Waals surface area contributed by atoms with E-state index < -0.39 is 0 Å². The standard InChI is InChI=1S/C14H19N3O2S/c1-5-9-6-7-20-13(9)11(15-2)12-14(19-4)17-10(18-3)8-16-12/h6-8,11,15H,5H2,1-4H3. The average Bonchev–Trinajstić information content (AvgIpc) is 2.96. The molecule has 0 saturated carbocycles. The van der Waals surface area contributed by atoms with Crippen LogP contribution in [0.5, 0.6) is 11.8 Å². The number of hydrogen-bond donors (Lipinski definition) is 1. The van der Waals surface area contributed by atoms with Crippen LogP contribution in [0.4, 0.5) is 0 Å². The lowest BCUT2D eigenvalue weighted by molar-refractivity contribution is 0.353. The number of methoxy groups -OCH3 is 2. The van der Waals surface area contributed by atoms with E-state index in [-0.39, 0.29) is 6.04 Å². The highest BCUT2D eigenvalue weighted by Gasteiger charge is 2.23. The lowest BCUT2D eigenvalue weighted by atomic mass is 10.1. The Morgan fingerprint density at radius 1 is 1.35 bits per heavy atom. The summed E-state index contributed by atoms with van der Waals surface area (Å²) in [6.07, 6.45) is 2.60. The summed E-state index contributed by atoms with van der Waals surface area (Å²) >= 11 is 1.71. The Hall–Kier alpha value is -1.66. The molecule has 1 atom stereocenters. The van der Waals surface area contributed by atoms with Crippen LogP contribution in [0.25, 0.3) is 0 Å². The molecule has 0 saturated heterocycles. The second-order valence-electron chi connectivity index (χ2n) is 4.19. The molecule has 20 heavy (non-hydrogen) atoms. The molecule has 0 aromatic carbocycles. The van der Waals surface area contributed by atoms with Gasteiger partial charge in [-0.1, -0.05) is 6.92 Å². The maximum atomic E-state index is 5.35. The average molecular weight is 293 g/mol. The summed E-state index contributed by atoms with van der Waals surface area (Å²) in [4.78, 5) is 10.00. The summed E-state index contributed by atoms with van der Waals surface area (Å²) in [6, 6.07) is 2.12. The third-order valence-electron chi connectivity index (χ3n) is 3.13. The molecule has 2 rings (SSSR count). The van der Waals surface area contributed by atoms with Gasteiger partial charge in [-0.25, -0.2) is 4.98 Å². The summed E-state index contributed by atoms with van der Waals surface area (Å²) in [5.41, 5.74) is 2.09. The van der Waals surface area contributed by atoms with Gasteiger partial charge in [-0.05, 0) is 30.5 Å². The van der Waals surface area contributed by atoms with Crippen molar-refractivity contribution in [3.63, 3.8) is 0 Å². The normalized spacial score (nSPS) is 12.2. The van der Waals surface area contributed by atoms with Gasteiger partial charge in [-0.2, -0.15) is 4.98 Å². The van der Waals surface area contributed by atoms with Gasteiger partial charge in [0.2, 0.25) is 11.8 Å². The first-order chi connectivity index (χ1) is 9.74. The molecule has 2 heterocycles. The van der Waals surface area contributed by atoms with Crippen molar-refractivity contribution in [3.05, 3.63) is 33.8 Å². The van der Waals surface area contributed by atoms with Gasteiger partial charge in [0.1, 0.15) is 5.69 Å². The van der Waals surface area contributed by atoms with Crippen LogP contribution in [-0.4, -0.2) is 31.2 Å². The summed E-state index contributed by atoms with van der Waals surface area (Å²) in [5.74, 6) is 0.932. The zero-order chi connectivity index (χ0) is 14.5. The number of aromatic nitrogens is 2. The van der Waals surface area contributed by atoms with Crippen LogP contribution in [0.15, 0.2) is 17.6 Å². The summed E-state index contributed by atoms with van der Waals surface area (Å²) < 4.78 is 10.4. The van der Waals surface area contributed by atoms with E-state index in [9.17, 15) is 0 Å².